The minimum absolute atomic E-state index is 0.315. The summed E-state index contributed by atoms with van der Waals surface area (Å²) < 4.78 is 14.9. The molecule has 0 aliphatic heterocycles. The summed E-state index contributed by atoms with van der Waals surface area (Å²) in [6, 6.07) is 7.24. The largest absolute Gasteiger partial charge is 0.319 e. The zero-order valence-electron chi connectivity index (χ0n) is 11.1. The number of nitrogens with zero attached hydrogens (tertiary/aromatic N) is 4. The Balaban J connectivity index is 1.92. The molecule has 1 aromatic carbocycles. The van der Waals surface area contributed by atoms with E-state index in [9.17, 15) is 9.18 Å². The van der Waals surface area contributed by atoms with E-state index >= 15 is 0 Å². The van der Waals surface area contributed by atoms with Gasteiger partial charge in [-0.15, -0.1) is 0 Å². The van der Waals surface area contributed by atoms with Crippen molar-refractivity contribution in [3.8, 4) is 5.82 Å². The van der Waals surface area contributed by atoms with Crippen molar-refractivity contribution >= 4 is 27.5 Å². The Bertz CT molecular complexity index is 822. The number of aromatic nitrogens is 4. The number of hydrogen-bond acceptors (Lipinski definition) is 4. The molecular weight excluding hydrogens is 353 g/mol. The molecule has 0 fully saturated rings. The van der Waals surface area contributed by atoms with Crippen LogP contribution in [0, 0.1) is 5.82 Å². The fraction of sp³-hybridized carbons (Fsp3) is 0. The van der Waals surface area contributed by atoms with E-state index in [-0.39, 0.29) is 5.91 Å². The van der Waals surface area contributed by atoms with E-state index in [1.54, 1.807) is 18.3 Å². The highest BCUT2D eigenvalue weighted by atomic mass is 79.9. The average molecular weight is 362 g/mol. The van der Waals surface area contributed by atoms with E-state index < -0.39 is 5.82 Å². The Kier molecular flexibility index (Phi) is 3.92. The summed E-state index contributed by atoms with van der Waals surface area (Å²) in [6.45, 7) is 0. The van der Waals surface area contributed by atoms with Crippen LogP contribution >= 0.6 is 15.9 Å². The van der Waals surface area contributed by atoms with Gasteiger partial charge in [-0.1, -0.05) is 0 Å². The SMILES string of the molecule is O=C(Nc1cccnc1-n1cncn1)c1ccc(F)cc1Br. The number of carbonyl (C=O) groups excluding carboxylic acids is 1. The maximum absolute atomic E-state index is 13.1. The Morgan fingerprint density at radius 2 is 2.18 bits per heavy atom. The highest BCUT2D eigenvalue weighted by Gasteiger charge is 2.14. The van der Waals surface area contributed by atoms with Gasteiger partial charge >= 0.3 is 0 Å². The summed E-state index contributed by atoms with van der Waals surface area (Å²) in [5.74, 6) is -0.374. The molecule has 2 heterocycles. The maximum atomic E-state index is 13.1. The van der Waals surface area contributed by atoms with Gasteiger partial charge in [0.25, 0.3) is 5.91 Å². The van der Waals surface area contributed by atoms with Gasteiger partial charge in [0.05, 0.1) is 11.3 Å². The Morgan fingerprint density at radius 1 is 1.32 bits per heavy atom. The predicted molar refractivity (Wildman–Crippen MR) is 81.2 cm³/mol. The topological polar surface area (TPSA) is 72.7 Å². The van der Waals surface area contributed by atoms with Crippen LogP contribution in [0.2, 0.25) is 0 Å². The average Bonchev–Trinajstić information content (AvgIpc) is 3.01. The molecule has 22 heavy (non-hydrogen) atoms. The van der Waals surface area contributed by atoms with Crippen molar-refractivity contribution in [1.82, 2.24) is 19.7 Å². The van der Waals surface area contributed by atoms with Crippen LogP contribution in [0.4, 0.5) is 10.1 Å². The number of pyridine rings is 1. The first-order chi connectivity index (χ1) is 10.6. The van der Waals surface area contributed by atoms with E-state index in [2.05, 4.69) is 36.3 Å². The lowest BCUT2D eigenvalue weighted by atomic mass is 10.2. The monoisotopic (exact) mass is 361 g/mol. The molecular formula is C14H9BrFN5O. The molecule has 0 aliphatic rings. The lowest BCUT2D eigenvalue weighted by Gasteiger charge is -2.10. The molecule has 0 aliphatic carbocycles. The number of anilines is 1. The van der Waals surface area contributed by atoms with Crippen LogP contribution in [0.5, 0.6) is 0 Å². The van der Waals surface area contributed by atoms with Crippen molar-refractivity contribution in [2.24, 2.45) is 0 Å². The minimum atomic E-state index is -0.423. The fourth-order valence-electron chi connectivity index (χ4n) is 1.86. The van der Waals surface area contributed by atoms with Gasteiger partial charge in [0.2, 0.25) is 0 Å². The standard InChI is InChI=1S/C14H9BrFN5O/c15-11-6-9(16)3-4-10(11)14(22)20-12-2-1-5-18-13(12)21-8-17-7-19-21/h1-8H,(H,20,22). The van der Waals surface area contributed by atoms with Gasteiger partial charge in [-0.3, -0.25) is 4.79 Å². The van der Waals surface area contributed by atoms with E-state index in [4.69, 9.17) is 0 Å². The highest BCUT2D eigenvalue weighted by Crippen LogP contribution is 2.21. The number of halogens is 2. The van der Waals surface area contributed by atoms with Gasteiger partial charge in [-0.05, 0) is 46.3 Å². The van der Waals surface area contributed by atoms with Crippen LogP contribution in [0.25, 0.3) is 5.82 Å². The molecule has 0 bridgehead atoms. The first-order valence-electron chi connectivity index (χ1n) is 6.21. The molecule has 8 heteroatoms. The summed E-state index contributed by atoms with van der Waals surface area (Å²) in [7, 11) is 0. The smallest absolute Gasteiger partial charge is 0.256 e. The fourth-order valence-corrected chi connectivity index (χ4v) is 2.39. The number of rotatable bonds is 3. The molecule has 0 unspecified atom stereocenters. The molecule has 0 atom stereocenters. The molecule has 0 saturated heterocycles. The Hall–Kier alpha value is -2.61. The third kappa shape index (κ3) is 2.86. The molecule has 1 amide bonds. The van der Waals surface area contributed by atoms with Crippen LogP contribution in [0.15, 0.2) is 53.7 Å². The van der Waals surface area contributed by atoms with Crippen LogP contribution in [-0.2, 0) is 0 Å². The number of carbonyl (C=O) groups is 1. The van der Waals surface area contributed by atoms with Gasteiger partial charge < -0.3 is 5.32 Å². The second-order valence-electron chi connectivity index (χ2n) is 4.29. The van der Waals surface area contributed by atoms with E-state index in [0.29, 0.717) is 21.5 Å². The number of hydrogen-bond donors (Lipinski definition) is 1. The highest BCUT2D eigenvalue weighted by molar-refractivity contribution is 9.10. The van der Waals surface area contributed by atoms with Gasteiger partial charge in [0.1, 0.15) is 18.5 Å². The summed E-state index contributed by atoms with van der Waals surface area (Å²) >= 11 is 3.17. The van der Waals surface area contributed by atoms with Crippen molar-refractivity contribution < 1.29 is 9.18 Å². The summed E-state index contributed by atoms with van der Waals surface area (Å²) in [6.07, 6.45) is 4.43. The van der Waals surface area contributed by atoms with Gasteiger partial charge in [-0.2, -0.15) is 5.10 Å². The van der Waals surface area contributed by atoms with Gasteiger partial charge in [0.15, 0.2) is 5.82 Å². The second-order valence-corrected chi connectivity index (χ2v) is 5.15. The number of amides is 1. The lowest BCUT2D eigenvalue weighted by Crippen LogP contribution is -2.15. The van der Waals surface area contributed by atoms with Crippen LogP contribution < -0.4 is 5.32 Å². The lowest BCUT2D eigenvalue weighted by molar-refractivity contribution is 0.102. The first-order valence-corrected chi connectivity index (χ1v) is 7.01. The molecule has 0 radical (unpaired) electrons. The molecule has 6 nitrogen and oxygen atoms in total. The third-order valence-corrected chi connectivity index (χ3v) is 3.50. The molecule has 2 aromatic heterocycles. The first kappa shape index (κ1) is 14.3. The van der Waals surface area contributed by atoms with Gasteiger partial charge in [0, 0.05) is 10.7 Å². The van der Waals surface area contributed by atoms with Crippen molar-refractivity contribution in [1.29, 1.82) is 0 Å². The Morgan fingerprint density at radius 3 is 2.91 bits per heavy atom. The van der Waals surface area contributed by atoms with Crippen LogP contribution in [0.3, 0.4) is 0 Å². The van der Waals surface area contributed by atoms with E-state index in [1.165, 1.54) is 35.5 Å². The Labute approximate surface area is 133 Å². The number of benzene rings is 1. The molecule has 1 N–H and O–H groups in total. The molecule has 0 saturated carbocycles. The van der Waals surface area contributed by atoms with E-state index in [0.717, 1.165) is 0 Å². The van der Waals surface area contributed by atoms with Crippen molar-refractivity contribution in [2.45, 2.75) is 0 Å². The summed E-state index contributed by atoms with van der Waals surface area (Å²) in [5, 5.41) is 6.72. The second kappa shape index (κ2) is 6.02. The maximum Gasteiger partial charge on any atom is 0.256 e. The quantitative estimate of drug-likeness (QED) is 0.778. The molecule has 0 spiro atoms. The predicted octanol–water partition coefficient (Wildman–Crippen LogP) is 2.82. The summed E-state index contributed by atoms with van der Waals surface area (Å²) in [5.41, 5.74) is 0.781. The van der Waals surface area contributed by atoms with Crippen LogP contribution in [0.1, 0.15) is 10.4 Å². The van der Waals surface area contributed by atoms with Crippen molar-refractivity contribution in [3.05, 3.63) is 65.0 Å². The molecule has 110 valence electrons. The number of nitrogens with one attached hydrogen (secondary N) is 1. The summed E-state index contributed by atoms with van der Waals surface area (Å²) in [4.78, 5) is 20.4. The van der Waals surface area contributed by atoms with Crippen LogP contribution in [-0.4, -0.2) is 25.7 Å². The van der Waals surface area contributed by atoms with Crippen molar-refractivity contribution in [2.75, 3.05) is 5.32 Å². The third-order valence-electron chi connectivity index (χ3n) is 2.85. The zero-order chi connectivity index (χ0) is 15.5. The minimum Gasteiger partial charge on any atom is -0.319 e. The normalized spacial score (nSPS) is 10.5. The zero-order valence-corrected chi connectivity index (χ0v) is 12.7. The molecule has 3 aromatic rings. The van der Waals surface area contributed by atoms with E-state index in [1.807, 2.05) is 0 Å². The van der Waals surface area contributed by atoms with Gasteiger partial charge in [-0.25, -0.2) is 19.0 Å². The van der Waals surface area contributed by atoms with Crippen molar-refractivity contribution in [3.63, 3.8) is 0 Å². The molecule has 3 rings (SSSR count).